The van der Waals surface area contributed by atoms with Gasteiger partial charge in [0.05, 0.1) is 18.3 Å². The molecule has 3 atom stereocenters. The number of H-pyrrole nitrogens is 1. The van der Waals surface area contributed by atoms with Crippen LogP contribution in [0.3, 0.4) is 0 Å². The lowest BCUT2D eigenvalue weighted by molar-refractivity contribution is -0.0530. The summed E-state index contributed by atoms with van der Waals surface area (Å²) in [5.41, 5.74) is -1.03. The minimum Gasteiger partial charge on any atom is -0.394 e. The first kappa shape index (κ1) is 15.6. The Labute approximate surface area is 130 Å². The minimum absolute atomic E-state index is 0.213. The van der Waals surface area contributed by atoms with Crippen molar-refractivity contribution >= 4 is 36.3 Å². The average molecular weight is 412 g/mol. The van der Waals surface area contributed by atoms with Crippen molar-refractivity contribution in [1.29, 1.82) is 0 Å². The van der Waals surface area contributed by atoms with E-state index in [2.05, 4.69) is 36.8 Å². The van der Waals surface area contributed by atoms with Gasteiger partial charge in [0, 0.05) is 17.1 Å². The maximum absolute atomic E-state index is 11.8. The van der Waals surface area contributed by atoms with Crippen LogP contribution in [0.4, 0.5) is 0 Å². The van der Waals surface area contributed by atoms with Crippen LogP contribution in [0, 0.1) is 0 Å². The number of aromatic amines is 1. The third-order valence-corrected chi connectivity index (χ3v) is 4.69. The highest BCUT2D eigenvalue weighted by atomic mass is 79.9. The first-order chi connectivity index (χ1) is 9.47. The standard InChI is InChI=1S/C11H12Br2N2O5/c12-2-7(13)6-3-15(11(19)14-9(6)18)10-8(17)1-5(4-16)20-10/h2-3,5,8,10,16-17H,1,4H2,(H,14,18,19)/b7-2+/t5-,8?,10+/m1/s1. The van der Waals surface area contributed by atoms with Gasteiger partial charge in [-0.1, -0.05) is 15.9 Å². The van der Waals surface area contributed by atoms with Gasteiger partial charge < -0.3 is 14.9 Å². The van der Waals surface area contributed by atoms with Crippen LogP contribution in [-0.2, 0) is 4.74 Å². The molecule has 20 heavy (non-hydrogen) atoms. The highest BCUT2D eigenvalue weighted by Crippen LogP contribution is 2.28. The van der Waals surface area contributed by atoms with E-state index in [-0.39, 0.29) is 18.6 Å². The number of rotatable bonds is 3. The Hall–Kier alpha value is -0.740. The van der Waals surface area contributed by atoms with Crippen LogP contribution in [0.5, 0.6) is 0 Å². The summed E-state index contributed by atoms with van der Waals surface area (Å²) in [6, 6.07) is 0. The molecule has 2 rings (SSSR count). The Morgan fingerprint density at radius 2 is 2.30 bits per heavy atom. The summed E-state index contributed by atoms with van der Waals surface area (Å²) < 4.78 is 6.94. The van der Waals surface area contributed by atoms with E-state index in [1.807, 2.05) is 0 Å². The molecule has 0 aliphatic carbocycles. The van der Waals surface area contributed by atoms with Crippen molar-refractivity contribution < 1.29 is 14.9 Å². The predicted octanol–water partition coefficient (Wildman–Crippen LogP) is 0.266. The molecule has 0 spiro atoms. The zero-order valence-electron chi connectivity index (χ0n) is 10.1. The molecule has 1 aliphatic heterocycles. The number of nitrogens with one attached hydrogen (secondary N) is 1. The highest BCUT2D eigenvalue weighted by molar-refractivity contribution is 9.16. The number of aromatic nitrogens is 2. The predicted molar refractivity (Wildman–Crippen MR) is 78.8 cm³/mol. The van der Waals surface area contributed by atoms with Crippen molar-refractivity contribution in [1.82, 2.24) is 9.55 Å². The Kier molecular flexibility index (Phi) is 4.97. The summed E-state index contributed by atoms with van der Waals surface area (Å²) in [5, 5.41) is 18.9. The molecule has 110 valence electrons. The second-order valence-corrected chi connectivity index (χ2v) is 5.61. The second kappa shape index (κ2) is 6.35. The third kappa shape index (κ3) is 2.96. The molecule has 0 aromatic carbocycles. The largest absolute Gasteiger partial charge is 0.394 e. The van der Waals surface area contributed by atoms with Gasteiger partial charge in [0.25, 0.3) is 5.56 Å². The van der Waals surface area contributed by atoms with Crippen molar-refractivity contribution in [3.05, 3.63) is 37.6 Å². The van der Waals surface area contributed by atoms with Crippen molar-refractivity contribution in [2.75, 3.05) is 6.61 Å². The first-order valence-corrected chi connectivity index (χ1v) is 7.45. The van der Waals surface area contributed by atoms with Crippen molar-refractivity contribution in [2.45, 2.75) is 24.9 Å². The van der Waals surface area contributed by atoms with Crippen LogP contribution in [0.25, 0.3) is 4.48 Å². The number of nitrogens with zero attached hydrogens (tertiary/aromatic N) is 1. The molecule has 0 radical (unpaired) electrons. The second-order valence-electron chi connectivity index (χ2n) is 4.30. The number of halogens is 2. The van der Waals surface area contributed by atoms with Gasteiger partial charge in [-0.05, 0) is 20.9 Å². The molecule has 1 aromatic rings. The van der Waals surface area contributed by atoms with Gasteiger partial charge in [0.2, 0.25) is 0 Å². The average Bonchev–Trinajstić information content (AvgIpc) is 2.79. The van der Waals surface area contributed by atoms with E-state index < -0.39 is 29.7 Å². The third-order valence-electron chi connectivity index (χ3n) is 2.96. The van der Waals surface area contributed by atoms with Gasteiger partial charge in [0.1, 0.15) is 6.10 Å². The molecule has 0 bridgehead atoms. The molecule has 1 unspecified atom stereocenters. The molecule has 0 saturated carbocycles. The van der Waals surface area contributed by atoms with Gasteiger partial charge in [-0.15, -0.1) is 0 Å². The number of hydrogen-bond donors (Lipinski definition) is 3. The molecule has 7 nitrogen and oxygen atoms in total. The fourth-order valence-corrected chi connectivity index (χ4v) is 2.53. The molecule has 2 heterocycles. The molecule has 1 aliphatic rings. The SMILES string of the molecule is O=c1[nH]c(=O)n([C@H]2O[C@@H](CO)CC2O)cc1/C(Br)=C\Br. The van der Waals surface area contributed by atoms with E-state index in [0.717, 1.165) is 4.57 Å². The number of aliphatic hydroxyl groups excluding tert-OH is 2. The Balaban J connectivity index is 2.47. The molecule has 1 fully saturated rings. The van der Waals surface area contributed by atoms with Crippen LogP contribution >= 0.6 is 31.9 Å². The van der Waals surface area contributed by atoms with Crippen LogP contribution in [0.15, 0.2) is 20.8 Å². The summed E-state index contributed by atoms with van der Waals surface area (Å²) in [4.78, 5) is 27.2. The summed E-state index contributed by atoms with van der Waals surface area (Å²) in [7, 11) is 0. The molecule has 3 N–H and O–H groups in total. The summed E-state index contributed by atoms with van der Waals surface area (Å²) >= 11 is 6.26. The highest BCUT2D eigenvalue weighted by Gasteiger charge is 2.35. The lowest BCUT2D eigenvalue weighted by Gasteiger charge is -2.17. The van der Waals surface area contributed by atoms with Gasteiger partial charge in [-0.3, -0.25) is 14.3 Å². The normalized spacial score (nSPS) is 27.0. The van der Waals surface area contributed by atoms with Crippen LogP contribution < -0.4 is 11.2 Å². The molecule has 1 aromatic heterocycles. The van der Waals surface area contributed by atoms with Crippen LogP contribution in [0.1, 0.15) is 18.2 Å². The van der Waals surface area contributed by atoms with Crippen LogP contribution in [-0.4, -0.2) is 38.6 Å². The monoisotopic (exact) mass is 410 g/mol. The van der Waals surface area contributed by atoms with Crippen molar-refractivity contribution in [3.8, 4) is 0 Å². The number of ether oxygens (including phenoxy) is 1. The molecule has 0 amide bonds. The van der Waals surface area contributed by atoms with Gasteiger partial charge in [0.15, 0.2) is 6.23 Å². The summed E-state index contributed by atoms with van der Waals surface area (Å²) in [6.45, 7) is -0.247. The van der Waals surface area contributed by atoms with E-state index in [9.17, 15) is 14.7 Å². The van der Waals surface area contributed by atoms with Gasteiger partial charge in [-0.2, -0.15) is 0 Å². The van der Waals surface area contributed by atoms with E-state index in [1.165, 1.54) is 11.2 Å². The maximum Gasteiger partial charge on any atom is 0.330 e. The van der Waals surface area contributed by atoms with Crippen LogP contribution in [0.2, 0.25) is 0 Å². The van der Waals surface area contributed by atoms with Gasteiger partial charge in [-0.25, -0.2) is 4.79 Å². The Morgan fingerprint density at radius 3 is 2.85 bits per heavy atom. The Morgan fingerprint density at radius 1 is 1.60 bits per heavy atom. The molecule has 9 heteroatoms. The zero-order chi connectivity index (χ0) is 14.9. The molecular formula is C11H12Br2N2O5. The van der Waals surface area contributed by atoms with Crippen molar-refractivity contribution in [3.63, 3.8) is 0 Å². The fraction of sp³-hybridized carbons (Fsp3) is 0.455. The van der Waals surface area contributed by atoms with Gasteiger partial charge >= 0.3 is 5.69 Å². The first-order valence-electron chi connectivity index (χ1n) is 5.74. The van der Waals surface area contributed by atoms with E-state index >= 15 is 0 Å². The lowest BCUT2D eigenvalue weighted by atomic mass is 10.2. The summed E-state index contributed by atoms with van der Waals surface area (Å²) in [6.07, 6.45) is -0.887. The number of aliphatic hydroxyl groups is 2. The smallest absolute Gasteiger partial charge is 0.330 e. The van der Waals surface area contributed by atoms with E-state index in [4.69, 9.17) is 9.84 Å². The van der Waals surface area contributed by atoms with E-state index in [0.29, 0.717) is 4.48 Å². The number of hydrogen-bond acceptors (Lipinski definition) is 5. The quantitative estimate of drug-likeness (QED) is 0.662. The fourth-order valence-electron chi connectivity index (χ4n) is 2.00. The lowest BCUT2D eigenvalue weighted by Crippen LogP contribution is -2.36. The minimum atomic E-state index is -0.939. The zero-order valence-corrected chi connectivity index (χ0v) is 13.3. The van der Waals surface area contributed by atoms with Crippen molar-refractivity contribution in [2.24, 2.45) is 0 Å². The Bertz CT molecular complexity index is 638. The summed E-state index contributed by atoms with van der Waals surface area (Å²) in [5.74, 6) is 0. The topological polar surface area (TPSA) is 105 Å². The van der Waals surface area contributed by atoms with E-state index in [1.54, 1.807) is 0 Å². The maximum atomic E-state index is 11.8. The molecule has 1 saturated heterocycles. The molecular weight excluding hydrogens is 400 g/mol.